The molecule has 1 aromatic heterocycles. The second kappa shape index (κ2) is 4.66. The van der Waals surface area contributed by atoms with E-state index in [-0.39, 0.29) is 0 Å². The fraction of sp³-hybridized carbons (Fsp3) is 0.231. The van der Waals surface area contributed by atoms with Gasteiger partial charge in [-0.1, -0.05) is 23.9 Å². The van der Waals surface area contributed by atoms with Crippen LogP contribution in [0.25, 0.3) is 11.3 Å². The van der Waals surface area contributed by atoms with Crippen LogP contribution in [0.2, 0.25) is 0 Å². The SMILES string of the molecule is CSc1nccc(-c2ccc(C)c(C)c2)n1. The van der Waals surface area contributed by atoms with Crippen LogP contribution in [0, 0.1) is 13.8 Å². The number of benzene rings is 1. The van der Waals surface area contributed by atoms with Crippen molar-refractivity contribution in [2.24, 2.45) is 0 Å². The normalized spacial score (nSPS) is 10.4. The lowest BCUT2D eigenvalue weighted by atomic mass is 10.0. The Kier molecular flexibility index (Phi) is 3.25. The topological polar surface area (TPSA) is 25.8 Å². The average Bonchev–Trinajstić information content (AvgIpc) is 2.33. The molecular weight excluding hydrogens is 216 g/mol. The van der Waals surface area contributed by atoms with Crippen LogP contribution >= 0.6 is 11.8 Å². The van der Waals surface area contributed by atoms with E-state index in [9.17, 15) is 0 Å². The van der Waals surface area contributed by atoms with E-state index in [1.54, 1.807) is 11.8 Å². The molecule has 2 aromatic rings. The molecule has 0 amide bonds. The molecule has 0 atom stereocenters. The minimum absolute atomic E-state index is 0.815. The molecule has 0 saturated heterocycles. The summed E-state index contributed by atoms with van der Waals surface area (Å²) in [5.74, 6) is 0. The Morgan fingerprint density at radius 2 is 1.88 bits per heavy atom. The smallest absolute Gasteiger partial charge is 0.187 e. The average molecular weight is 230 g/mol. The van der Waals surface area contributed by atoms with Gasteiger partial charge in [-0.25, -0.2) is 9.97 Å². The number of aromatic nitrogens is 2. The molecule has 0 aliphatic rings. The Labute approximate surface area is 100 Å². The molecule has 0 spiro atoms. The zero-order chi connectivity index (χ0) is 11.5. The first-order valence-corrected chi connectivity index (χ1v) is 6.38. The Balaban J connectivity index is 2.46. The van der Waals surface area contributed by atoms with Gasteiger partial charge in [-0.05, 0) is 43.4 Å². The van der Waals surface area contributed by atoms with E-state index in [0.717, 1.165) is 16.4 Å². The quantitative estimate of drug-likeness (QED) is 0.583. The van der Waals surface area contributed by atoms with Crippen LogP contribution in [0.1, 0.15) is 11.1 Å². The van der Waals surface area contributed by atoms with Gasteiger partial charge >= 0.3 is 0 Å². The van der Waals surface area contributed by atoms with Gasteiger partial charge in [0.25, 0.3) is 0 Å². The minimum atomic E-state index is 0.815. The van der Waals surface area contributed by atoms with Crippen LogP contribution in [0.3, 0.4) is 0 Å². The van der Waals surface area contributed by atoms with Gasteiger partial charge in [0.05, 0.1) is 5.69 Å². The molecule has 3 heteroatoms. The van der Waals surface area contributed by atoms with Crippen LogP contribution in [0.5, 0.6) is 0 Å². The molecule has 1 aromatic carbocycles. The predicted molar refractivity (Wildman–Crippen MR) is 68.7 cm³/mol. The van der Waals surface area contributed by atoms with E-state index in [1.165, 1.54) is 11.1 Å². The minimum Gasteiger partial charge on any atom is -0.231 e. The summed E-state index contributed by atoms with van der Waals surface area (Å²) in [5.41, 5.74) is 4.74. The maximum atomic E-state index is 4.48. The zero-order valence-corrected chi connectivity index (χ0v) is 10.5. The molecule has 0 bridgehead atoms. The molecule has 16 heavy (non-hydrogen) atoms. The van der Waals surface area contributed by atoms with Crippen molar-refractivity contribution in [3.05, 3.63) is 41.6 Å². The Hall–Kier alpha value is -1.35. The summed E-state index contributed by atoms with van der Waals surface area (Å²) < 4.78 is 0. The molecule has 0 unspecified atom stereocenters. The predicted octanol–water partition coefficient (Wildman–Crippen LogP) is 3.48. The van der Waals surface area contributed by atoms with E-state index < -0.39 is 0 Å². The molecule has 0 radical (unpaired) electrons. The number of hydrogen-bond acceptors (Lipinski definition) is 3. The summed E-state index contributed by atoms with van der Waals surface area (Å²) in [6.45, 7) is 4.24. The van der Waals surface area contributed by atoms with Crippen molar-refractivity contribution in [3.63, 3.8) is 0 Å². The largest absolute Gasteiger partial charge is 0.231 e. The van der Waals surface area contributed by atoms with Gasteiger partial charge in [-0.15, -0.1) is 0 Å². The number of nitrogens with zero attached hydrogens (tertiary/aromatic N) is 2. The van der Waals surface area contributed by atoms with Crippen LogP contribution in [0.4, 0.5) is 0 Å². The Morgan fingerprint density at radius 3 is 2.56 bits per heavy atom. The van der Waals surface area contributed by atoms with Crippen LogP contribution in [-0.4, -0.2) is 16.2 Å². The summed E-state index contributed by atoms with van der Waals surface area (Å²) in [5, 5.41) is 0.815. The second-order valence-corrected chi connectivity index (χ2v) is 4.50. The Bertz CT molecular complexity index is 509. The van der Waals surface area contributed by atoms with Gasteiger partial charge in [-0.3, -0.25) is 0 Å². The molecule has 1 heterocycles. The maximum absolute atomic E-state index is 4.48. The van der Waals surface area contributed by atoms with E-state index in [4.69, 9.17) is 0 Å². The van der Waals surface area contributed by atoms with Crippen molar-refractivity contribution in [1.82, 2.24) is 9.97 Å². The molecular formula is C13H14N2S. The van der Waals surface area contributed by atoms with Crippen molar-refractivity contribution in [1.29, 1.82) is 0 Å². The fourth-order valence-corrected chi connectivity index (χ4v) is 1.86. The summed E-state index contributed by atoms with van der Waals surface area (Å²) in [4.78, 5) is 8.66. The molecule has 82 valence electrons. The number of aryl methyl sites for hydroxylation is 2. The van der Waals surface area contributed by atoms with E-state index in [0.29, 0.717) is 0 Å². The standard InChI is InChI=1S/C13H14N2S/c1-9-4-5-11(8-10(9)2)12-6-7-14-13(15-12)16-3/h4-8H,1-3H3. The van der Waals surface area contributed by atoms with Crippen molar-refractivity contribution >= 4 is 11.8 Å². The third-order valence-electron chi connectivity index (χ3n) is 2.62. The second-order valence-electron chi connectivity index (χ2n) is 3.73. The fourth-order valence-electron chi connectivity index (χ4n) is 1.50. The number of rotatable bonds is 2. The van der Waals surface area contributed by atoms with Gasteiger partial charge in [0.2, 0.25) is 0 Å². The highest BCUT2D eigenvalue weighted by Gasteiger charge is 2.02. The third-order valence-corrected chi connectivity index (χ3v) is 3.18. The third kappa shape index (κ3) is 2.25. The molecule has 0 aliphatic heterocycles. The lowest BCUT2D eigenvalue weighted by Gasteiger charge is -2.05. The summed E-state index contributed by atoms with van der Waals surface area (Å²) >= 11 is 1.56. The first-order chi connectivity index (χ1) is 7.70. The first-order valence-electron chi connectivity index (χ1n) is 5.15. The number of hydrogen-bond donors (Lipinski definition) is 0. The van der Waals surface area contributed by atoms with Gasteiger partial charge in [0.15, 0.2) is 5.16 Å². The van der Waals surface area contributed by atoms with Crippen molar-refractivity contribution in [3.8, 4) is 11.3 Å². The highest BCUT2D eigenvalue weighted by atomic mass is 32.2. The maximum Gasteiger partial charge on any atom is 0.187 e. The van der Waals surface area contributed by atoms with Crippen molar-refractivity contribution in [2.75, 3.05) is 6.26 Å². The number of thioether (sulfide) groups is 1. The summed E-state index contributed by atoms with van der Waals surface area (Å²) in [6.07, 6.45) is 3.79. The lowest BCUT2D eigenvalue weighted by molar-refractivity contribution is 0.976. The van der Waals surface area contributed by atoms with E-state index in [1.807, 2.05) is 18.5 Å². The summed E-state index contributed by atoms with van der Waals surface area (Å²) in [7, 11) is 0. The lowest BCUT2D eigenvalue weighted by Crippen LogP contribution is -1.90. The van der Waals surface area contributed by atoms with E-state index in [2.05, 4.69) is 42.0 Å². The monoisotopic (exact) mass is 230 g/mol. The molecule has 0 saturated carbocycles. The van der Waals surface area contributed by atoms with Crippen molar-refractivity contribution < 1.29 is 0 Å². The summed E-state index contributed by atoms with van der Waals surface area (Å²) in [6, 6.07) is 8.35. The van der Waals surface area contributed by atoms with Crippen LogP contribution in [-0.2, 0) is 0 Å². The first kappa shape index (κ1) is 11.1. The van der Waals surface area contributed by atoms with Crippen molar-refractivity contribution in [2.45, 2.75) is 19.0 Å². The van der Waals surface area contributed by atoms with Gasteiger partial charge in [0, 0.05) is 11.8 Å². The molecule has 0 aliphatic carbocycles. The molecule has 0 fully saturated rings. The van der Waals surface area contributed by atoms with Gasteiger partial charge in [-0.2, -0.15) is 0 Å². The zero-order valence-electron chi connectivity index (χ0n) is 9.69. The molecule has 2 rings (SSSR count). The molecule has 2 nitrogen and oxygen atoms in total. The molecule has 0 N–H and O–H groups in total. The highest BCUT2D eigenvalue weighted by molar-refractivity contribution is 7.98. The Morgan fingerprint density at radius 1 is 1.06 bits per heavy atom. The van der Waals surface area contributed by atoms with Crippen LogP contribution in [0.15, 0.2) is 35.6 Å². The highest BCUT2D eigenvalue weighted by Crippen LogP contribution is 2.21. The van der Waals surface area contributed by atoms with Crippen LogP contribution < -0.4 is 0 Å². The van der Waals surface area contributed by atoms with E-state index >= 15 is 0 Å². The van der Waals surface area contributed by atoms with Gasteiger partial charge in [0.1, 0.15) is 0 Å². The van der Waals surface area contributed by atoms with Gasteiger partial charge < -0.3 is 0 Å².